The fourth-order valence-electron chi connectivity index (χ4n) is 5.59. The van der Waals surface area contributed by atoms with Gasteiger partial charge in [-0.15, -0.1) is 0 Å². The van der Waals surface area contributed by atoms with E-state index < -0.39 is 33.9 Å². The summed E-state index contributed by atoms with van der Waals surface area (Å²) in [5.74, 6) is -1.05. The summed E-state index contributed by atoms with van der Waals surface area (Å²) < 4.78 is 38.6. The number of fused-ring (bicyclic) bond motifs is 1. The number of carboxylic acid groups (broad SMARTS) is 1. The van der Waals surface area contributed by atoms with Crippen molar-refractivity contribution in [3.8, 4) is 11.1 Å². The zero-order valence-electron chi connectivity index (χ0n) is 22.5. The van der Waals surface area contributed by atoms with E-state index in [0.717, 1.165) is 66.0 Å². The van der Waals surface area contributed by atoms with E-state index in [9.17, 15) is 18.8 Å². The molecule has 0 radical (unpaired) electrons. The summed E-state index contributed by atoms with van der Waals surface area (Å²) in [5, 5.41) is 33.4. The van der Waals surface area contributed by atoms with Gasteiger partial charge in [-0.3, -0.25) is 0 Å². The molecule has 40 heavy (non-hydrogen) atoms. The molecule has 3 aliphatic heterocycles. The van der Waals surface area contributed by atoms with E-state index in [2.05, 4.69) is 18.8 Å². The van der Waals surface area contributed by atoms with Crippen molar-refractivity contribution in [2.24, 2.45) is 0 Å². The average molecular weight is 674 g/mol. The number of aliphatic carboxylic acids is 1. The van der Waals surface area contributed by atoms with Crippen LogP contribution in [-0.4, -0.2) is 78.1 Å². The van der Waals surface area contributed by atoms with E-state index in [1.54, 1.807) is 13.1 Å². The summed E-state index contributed by atoms with van der Waals surface area (Å²) >= 11 is -0.801. The summed E-state index contributed by atoms with van der Waals surface area (Å²) in [6, 6.07) is 3.74. The molecule has 3 N–H and O–H groups in total. The average Bonchev–Trinajstić information content (AvgIpc) is 3.38. The second-order valence-electron chi connectivity index (χ2n) is 10.6. The molecule has 1 aromatic heterocycles. The Morgan fingerprint density at radius 1 is 1.32 bits per heavy atom. The molecule has 1 saturated heterocycles. The third kappa shape index (κ3) is 6.75. The molecule has 3 aliphatic rings. The van der Waals surface area contributed by atoms with Crippen molar-refractivity contribution in [3.05, 3.63) is 50.1 Å². The van der Waals surface area contributed by atoms with Crippen molar-refractivity contribution in [1.82, 2.24) is 20.4 Å². The van der Waals surface area contributed by atoms with Crippen molar-refractivity contribution < 1.29 is 49.5 Å². The number of aromatic nitrogens is 2. The third-order valence-electron chi connectivity index (χ3n) is 7.56. The van der Waals surface area contributed by atoms with Crippen LogP contribution >= 0.6 is 0 Å². The van der Waals surface area contributed by atoms with Crippen LogP contribution in [0.3, 0.4) is 0 Å². The second-order valence-corrected chi connectivity index (χ2v) is 13.5. The Hall–Kier alpha value is -2.33. The molecule has 1 unspecified atom stereocenters. The molecular weight excluding hydrogens is 637 g/mol. The number of carboxylic acids is 1. The van der Waals surface area contributed by atoms with Gasteiger partial charge in [0.1, 0.15) is 0 Å². The number of hydrogen-bond donors (Lipinski definition) is 3. The number of rotatable bonds is 10. The quantitative estimate of drug-likeness (QED) is 0.142. The number of hydroxylamine groups is 3. The number of hydrogen-bond acceptors (Lipinski definition) is 7. The Balaban J connectivity index is 1.46. The normalized spacial score (nSPS) is 22.2. The summed E-state index contributed by atoms with van der Waals surface area (Å²) in [5.41, 5.74) is 3.73. The van der Waals surface area contributed by atoms with Crippen LogP contribution in [0.15, 0.2) is 33.8 Å². The van der Waals surface area contributed by atoms with E-state index in [4.69, 9.17) is 9.84 Å². The SMILES string of the molecule is CNC[N+]1([O-])CCC(NC2CCOCC2)=C([I-]N2CCCc3cc(-c4cnn(CC(=O)O)c4)c(C(F)F)cc32)C1. The number of aryl methyl sites for hydroxylation is 1. The van der Waals surface area contributed by atoms with Gasteiger partial charge in [-0.1, -0.05) is 0 Å². The van der Waals surface area contributed by atoms with Crippen LogP contribution in [0.25, 0.3) is 11.1 Å². The number of ether oxygens (including phenoxy) is 1. The Kier molecular flexibility index (Phi) is 9.24. The van der Waals surface area contributed by atoms with Gasteiger partial charge in [-0.05, 0) is 0 Å². The van der Waals surface area contributed by atoms with Crippen LogP contribution in [0, 0.1) is 5.21 Å². The van der Waals surface area contributed by atoms with Crippen LogP contribution in [0.2, 0.25) is 0 Å². The number of carbonyl (C=O) groups is 1. The number of halogens is 3. The first-order valence-corrected chi connectivity index (χ1v) is 15.7. The Morgan fingerprint density at radius 2 is 2.12 bits per heavy atom. The standard InChI is InChI=1S/C27H36F2IN6O4/c1-31-17-36(39)8-4-24(33-20-5-9-40-10-6-20)23(16-36)30-35-7-2-3-18-11-21(22(27(28)29)12-25(18)35)19-13-32-34(14-19)15-26(37)38/h11-14,20,27,31,33H,2-10,15-17H2,1H3,(H,37,38)/q-1. The Labute approximate surface area is 243 Å². The number of benzene rings is 1. The molecule has 0 amide bonds. The van der Waals surface area contributed by atoms with Crippen LogP contribution in [0.5, 0.6) is 0 Å². The zero-order chi connectivity index (χ0) is 28.3. The van der Waals surface area contributed by atoms with Crippen molar-refractivity contribution in [2.45, 2.75) is 51.1 Å². The van der Waals surface area contributed by atoms with Crippen LogP contribution in [0.4, 0.5) is 14.5 Å². The number of anilines is 1. The Morgan fingerprint density at radius 3 is 2.85 bits per heavy atom. The predicted octanol–water partition coefficient (Wildman–Crippen LogP) is 0.204. The van der Waals surface area contributed by atoms with Gasteiger partial charge in [-0.2, -0.15) is 0 Å². The van der Waals surface area contributed by atoms with E-state index in [1.807, 2.05) is 6.07 Å². The molecule has 1 aromatic carbocycles. The van der Waals surface area contributed by atoms with Crippen molar-refractivity contribution in [2.75, 3.05) is 49.7 Å². The van der Waals surface area contributed by atoms with Crippen LogP contribution in [-0.2, 0) is 22.5 Å². The minimum absolute atomic E-state index is 0.0909. The monoisotopic (exact) mass is 673 g/mol. The summed E-state index contributed by atoms with van der Waals surface area (Å²) in [7, 11) is 1.79. The summed E-state index contributed by atoms with van der Waals surface area (Å²) in [6.07, 6.45) is 4.44. The van der Waals surface area contributed by atoms with E-state index in [0.29, 0.717) is 43.3 Å². The van der Waals surface area contributed by atoms with Gasteiger partial charge in [0, 0.05) is 0 Å². The maximum atomic E-state index is 14.4. The molecule has 4 heterocycles. The molecule has 1 atom stereocenters. The fourth-order valence-corrected chi connectivity index (χ4v) is 9.08. The zero-order valence-corrected chi connectivity index (χ0v) is 24.7. The molecule has 0 spiro atoms. The molecule has 1 fully saturated rings. The molecule has 10 nitrogen and oxygen atoms in total. The first-order chi connectivity index (χ1) is 19.2. The van der Waals surface area contributed by atoms with E-state index in [-0.39, 0.29) is 16.8 Å². The van der Waals surface area contributed by atoms with Crippen LogP contribution in [0.1, 0.15) is 43.2 Å². The minimum atomic E-state index is -2.70. The predicted molar refractivity (Wildman–Crippen MR) is 142 cm³/mol. The molecule has 0 bridgehead atoms. The van der Waals surface area contributed by atoms with E-state index in [1.165, 1.54) is 17.1 Å². The molecule has 0 aliphatic carbocycles. The number of nitrogens with zero attached hydrogens (tertiary/aromatic N) is 4. The number of nitrogens with one attached hydrogen (secondary N) is 2. The summed E-state index contributed by atoms with van der Waals surface area (Å²) in [4.78, 5) is 11.1. The van der Waals surface area contributed by atoms with Crippen molar-refractivity contribution >= 4 is 11.7 Å². The molecule has 220 valence electrons. The molecule has 2 aromatic rings. The second kappa shape index (κ2) is 12.7. The summed E-state index contributed by atoms with van der Waals surface area (Å²) in [6.45, 7) is 3.12. The first kappa shape index (κ1) is 29.2. The van der Waals surface area contributed by atoms with Gasteiger partial charge < -0.3 is 0 Å². The topological polar surface area (TPSA) is 115 Å². The third-order valence-corrected chi connectivity index (χ3v) is 10.7. The van der Waals surface area contributed by atoms with Crippen molar-refractivity contribution in [1.29, 1.82) is 0 Å². The molecule has 0 saturated carbocycles. The maximum absolute atomic E-state index is 14.4. The van der Waals surface area contributed by atoms with Gasteiger partial charge in [0.2, 0.25) is 0 Å². The van der Waals surface area contributed by atoms with Gasteiger partial charge >= 0.3 is 244 Å². The molecular formula is C27H36F2IN6O4-. The van der Waals surface area contributed by atoms with Gasteiger partial charge in [0.05, 0.1) is 0 Å². The molecule has 5 rings (SSSR count). The number of quaternary nitrogens is 1. The van der Waals surface area contributed by atoms with Crippen molar-refractivity contribution in [3.63, 3.8) is 0 Å². The van der Waals surface area contributed by atoms with E-state index >= 15 is 0 Å². The van der Waals surface area contributed by atoms with Gasteiger partial charge in [0.15, 0.2) is 0 Å². The van der Waals surface area contributed by atoms with Crippen LogP contribution < -0.4 is 35.2 Å². The molecule has 13 heteroatoms. The Bertz CT molecular complexity index is 1250. The van der Waals surface area contributed by atoms with Gasteiger partial charge in [-0.25, -0.2) is 0 Å². The number of alkyl halides is 2. The van der Waals surface area contributed by atoms with Gasteiger partial charge in [0.25, 0.3) is 0 Å². The fraction of sp³-hybridized carbons (Fsp3) is 0.556. The first-order valence-electron chi connectivity index (χ1n) is 13.6.